The summed E-state index contributed by atoms with van der Waals surface area (Å²) in [6.07, 6.45) is 0. The number of likely N-dealkylation sites (N-methyl/N-ethyl adjacent to an activating group) is 1. The third-order valence-corrected chi connectivity index (χ3v) is 3.93. The van der Waals surface area contributed by atoms with Crippen LogP contribution in [-0.2, 0) is 4.79 Å². The zero-order valence-corrected chi connectivity index (χ0v) is 11.1. The van der Waals surface area contributed by atoms with E-state index in [1.54, 1.807) is 16.2 Å². The molecule has 2 unspecified atom stereocenters. The van der Waals surface area contributed by atoms with Crippen molar-refractivity contribution in [1.29, 1.82) is 0 Å². The van der Waals surface area contributed by atoms with E-state index in [-0.39, 0.29) is 17.9 Å². The fraction of sp³-hybridized carbons (Fsp3) is 0.583. The normalized spacial score (nSPS) is 14.9. The van der Waals surface area contributed by atoms with Crippen molar-refractivity contribution < 1.29 is 4.79 Å². The zero-order chi connectivity index (χ0) is 12.3. The van der Waals surface area contributed by atoms with Gasteiger partial charge in [-0.3, -0.25) is 4.79 Å². The number of thiophene rings is 1. The highest BCUT2D eigenvalue weighted by Gasteiger charge is 2.25. The monoisotopic (exact) mass is 240 g/mol. The summed E-state index contributed by atoms with van der Waals surface area (Å²) < 4.78 is 0. The van der Waals surface area contributed by atoms with Crippen molar-refractivity contribution in [3.05, 3.63) is 22.4 Å². The molecule has 16 heavy (non-hydrogen) atoms. The van der Waals surface area contributed by atoms with E-state index in [0.29, 0.717) is 0 Å². The number of carbonyl (C=O) groups is 1. The van der Waals surface area contributed by atoms with Crippen LogP contribution in [-0.4, -0.2) is 23.9 Å². The topological polar surface area (TPSA) is 46.3 Å². The molecule has 1 amide bonds. The second kappa shape index (κ2) is 5.46. The van der Waals surface area contributed by atoms with E-state index < -0.39 is 6.04 Å². The summed E-state index contributed by atoms with van der Waals surface area (Å²) in [5.41, 5.74) is 5.86. The van der Waals surface area contributed by atoms with Crippen LogP contribution < -0.4 is 5.73 Å². The molecule has 1 heterocycles. The molecule has 2 atom stereocenters. The van der Waals surface area contributed by atoms with Gasteiger partial charge in [-0.25, -0.2) is 0 Å². The van der Waals surface area contributed by atoms with Crippen LogP contribution >= 0.6 is 11.3 Å². The average Bonchev–Trinajstić information content (AvgIpc) is 2.78. The SMILES string of the molecule is CC(C)C(N)C(=O)N(C)C(C)c1cccs1. The number of carbonyl (C=O) groups excluding carboxylic acids is 1. The number of amides is 1. The van der Waals surface area contributed by atoms with Gasteiger partial charge in [0.1, 0.15) is 0 Å². The molecule has 0 bridgehead atoms. The van der Waals surface area contributed by atoms with Crippen molar-refractivity contribution >= 4 is 17.2 Å². The molecule has 0 aromatic carbocycles. The van der Waals surface area contributed by atoms with Crippen molar-refractivity contribution in [2.24, 2.45) is 11.7 Å². The van der Waals surface area contributed by atoms with Gasteiger partial charge in [0.25, 0.3) is 0 Å². The minimum Gasteiger partial charge on any atom is -0.337 e. The van der Waals surface area contributed by atoms with Gasteiger partial charge in [0.05, 0.1) is 12.1 Å². The molecule has 0 saturated heterocycles. The smallest absolute Gasteiger partial charge is 0.240 e. The predicted molar refractivity (Wildman–Crippen MR) is 68.3 cm³/mol. The van der Waals surface area contributed by atoms with E-state index in [1.807, 2.05) is 45.3 Å². The average molecular weight is 240 g/mol. The van der Waals surface area contributed by atoms with Gasteiger partial charge in [0.15, 0.2) is 0 Å². The van der Waals surface area contributed by atoms with Crippen molar-refractivity contribution in [3.8, 4) is 0 Å². The van der Waals surface area contributed by atoms with E-state index in [9.17, 15) is 4.79 Å². The first-order chi connectivity index (χ1) is 7.45. The van der Waals surface area contributed by atoms with E-state index >= 15 is 0 Å². The summed E-state index contributed by atoms with van der Waals surface area (Å²) in [6.45, 7) is 5.95. The summed E-state index contributed by atoms with van der Waals surface area (Å²) in [5, 5.41) is 2.02. The molecule has 90 valence electrons. The Hall–Kier alpha value is -0.870. The Bertz CT molecular complexity index is 335. The quantitative estimate of drug-likeness (QED) is 0.877. The molecule has 0 aliphatic rings. The molecule has 1 aromatic heterocycles. The lowest BCUT2D eigenvalue weighted by Crippen LogP contribution is -2.45. The molecule has 0 spiro atoms. The number of hydrogen-bond donors (Lipinski definition) is 1. The number of rotatable bonds is 4. The number of nitrogens with two attached hydrogens (primary N) is 1. The third kappa shape index (κ3) is 2.83. The fourth-order valence-corrected chi connectivity index (χ4v) is 2.26. The maximum Gasteiger partial charge on any atom is 0.240 e. The van der Waals surface area contributed by atoms with Crippen LogP contribution in [0.25, 0.3) is 0 Å². The largest absolute Gasteiger partial charge is 0.337 e. The lowest BCUT2D eigenvalue weighted by atomic mass is 10.0. The third-order valence-electron chi connectivity index (χ3n) is 2.89. The van der Waals surface area contributed by atoms with E-state index in [0.717, 1.165) is 0 Å². The van der Waals surface area contributed by atoms with Crippen LogP contribution in [0.3, 0.4) is 0 Å². The van der Waals surface area contributed by atoms with Gasteiger partial charge in [-0.1, -0.05) is 19.9 Å². The number of nitrogens with zero attached hydrogens (tertiary/aromatic N) is 1. The van der Waals surface area contributed by atoms with E-state index in [1.165, 1.54) is 4.88 Å². The molecular formula is C12H20N2OS. The Morgan fingerprint density at radius 2 is 2.06 bits per heavy atom. The van der Waals surface area contributed by atoms with E-state index in [4.69, 9.17) is 5.73 Å². The minimum atomic E-state index is -0.410. The van der Waals surface area contributed by atoms with Crippen LogP contribution in [0.1, 0.15) is 31.7 Å². The summed E-state index contributed by atoms with van der Waals surface area (Å²) in [7, 11) is 1.81. The van der Waals surface area contributed by atoms with Gasteiger partial charge in [0, 0.05) is 11.9 Å². The molecule has 4 heteroatoms. The van der Waals surface area contributed by atoms with Gasteiger partial charge < -0.3 is 10.6 Å². The summed E-state index contributed by atoms with van der Waals surface area (Å²) in [4.78, 5) is 14.9. The van der Waals surface area contributed by atoms with Crippen LogP contribution in [0, 0.1) is 5.92 Å². The zero-order valence-electron chi connectivity index (χ0n) is 10.3. The lowest BCUT2D eigenvalue weighted by molar-refractivity contribution is -0.134. The van der Waals surface area contributed by atoms with Gasteiger partial charge in [-0.15, -0.1) is 11.3 Å². The molecule has 0 aliphatic heterocycles. The second-order valence-corrected chi connectivity index (χ2v) is 5.39. The first-order valence-electron chi connectivity index (χ1n) is 5.50. The van der Waals surface area contributed by atoms with Crippen molar-refractivity contribution in [1.82, 2.24) is 4.90 Å². The summed E-state index contributed by atoms with van der Waals surface area (Å²) in [6, 6.07) is 3.72. The van der Waals surface area contributed by atoms with Crippen molar-refractivity contribution in [3.63, 3.8) is 0 Å². The Kier molecular flexibility index (Phi) is 4.50. The molecule has 0 saturated carbocycles. The van der Waals surface area contributed by atoms with Gasteiger partial charge >= 0.3 is 0 Å². The predicted octanol–water partition coefficient (Wildman–Crippen LogP) is 2.25. The highest BCUT2D eigenvalue weighted by Crippen LogP contribution is 2.24. The van der Waals surface area contributed by atoms with Crippen LogP contribution in [0.4, 0.5) is 0 Å². The lowest BCUT2D eigenvalue weighted by Gasteiger charge is -2.28. The van der Waals surface area contributed by atoms with Crippen LogP contribution in [0.15, 0.2) is 17.5 Å². The van der Waals surface area contributed by atoms with Crippen LogP contribution in [0.2, 0.25) is 0 Å². The van der Waals surface area contributed by atoms with E-state index in [2.05, 4.69) is 0 Å². The van der Waals surface area contributed by atoms with Gasteiger partial charge in [-0.2, -0.15) is 0 Å². The Morgan fingerprint density at radius 3 is 2.50 bits per heavy atom. The summed E-state index contributed by atoms with van der Waals surface area (Å²) >= 11 is 1.66. The van der Waals surface area contributed by atoms with Crippen LogP contribution in [0.5, 0.6) is 0 Å². The Labute approximate surface area is 101 Å². The molecule has 0 aliphatic carbocycles. The first kappa shape index (κ1) is 13.2. The number of hydrogen-bond acceptors (Lipinski definition) is 3. The maximum atomic E-state index is 12.0. The molecule has 3 nitrogen and oxygen atoms in total. The fourth-order valence-electron chi connectivity index (χ4n) is 1.43. The van der Waals surface area contributed by atoms with Crippen molar-refractivity contribution in [2.75, 3.05) is 7.05 Å². The van der Waals surface area contributed by atoms with Gasteiger partial charge in [-0.05, 0) is 24.3 Å². The molecule has 0 radical (unpaired) electrons. The Balaban J connectivity index is 2.71. The Morgan fingerprint density at radius 1 is 1.44 bits per heavy atom. The second-order valence-electron chi connectivity index (χ2n) is 4.41. The first-order valence-corrected chi connectivity index (χ1v) is 6.38. The summed E-state index contributed by atoms with van der Waals surface area (Å²) in [5.74, 6) is 0.182. The van der Waals surface area contributed by atoms with Gasteiger partial charge in [0.2, 0.25) is 5.91 Å². The minimum absolute atomic E-state index is 0.0101. The standard InChI is InChI=1S/C12H20N2OS/c1-8(2)11(13)12(15)14(4)9(3)10-6-5-7-16-10/h5-9,11H,13H2,1-4H3. The molecule has 1 rings (SSSR count). The highest BCUT2D eigenvalue weighted by molar-refractivity contribution is 7.10. The molecule has 0 fully saturated rings. The molecular weight excluding hydrogens is 220 g/mol. The van der Waals surface area contributed by atoms with Crippen molar-refractivity contribution in [2.45, 2.75) is 32.9 Å². The highest BCUT2D eigenvalue weighted by atomic mass is 32.1. The maximum absolute atomic E-state index is 12.0. The molecule has 2 N–H and O–H groups in total. The molecule has 1 aromatic rings.